The van der Waals surface area contributed by atoms with E-state index in [1.54, 1.807) is 11.6 Å². The number of aryl methyl sites for hydroxylation is 1. The Morgan fingerprint density at radius 3 is 2.50 bits per heavy atom. The number of nitrogens with zero attached hydrogens (tertiary/aromatic N) is 5. The summed E-state index contributed by atoms with van der Waals surface area (Å²) in [5, 5.41) is 0. The van der Waals surface area contributed by atoms with Gasteiger partial charge in [0.15, 0.2) is 5.65 Å². The number of carbonyl (C=O) groups excluding carboxylic acids is 1. The maximum absolute atomic E-state index is 13.5. The van der Waals surface area contributed by atoms with Crippen LogP contribution in [0.5, 0.6) is 0 Å². The molecule has 7 heteroatoms. The van der Waals surface area contributed by atoms with Crippen molar-refractivity contribution < 1.29 is 4.79 Å². The van der Waals surface area contributed by atoms with Crippen LogP contribution in [0.1, 0.15) is 45.6 Å². The second-order valence-corrected chi connectivity index (χ2v) is 11.3. The van der Waals surface area contributed by atoms with E-state index in [-0.39, 0.29) is 22.4 Å². The first-order valence-electron chi connectivity index (χ1n) is 12.3. The van der Waals surface area contributed by atoms with E-state index in [0.29, 0.717) is 25.3 Å². The van der Waals surface area contributed by atoms with E-state index >= 15 is 0 Å². The van der Waals surface area contributed by atoms with E-state index in [2.05, 4.69) is 37.8 Å². The quantitative estimate of drug-likeness (QED) is 0.593. The molecule has 7 nitrogen and oxygen atoms in total. The van der Waals surface area contributed by atoms with Crippen LogP contribution in [0.15, 0.2) is 47.3 Å². The minimum atomic E-state index is -0.340. The third-order valence-electron chi connectivity index (χ3n) is 7.32. The average molecular weight is 462 g/mol. The summed E-state index contributed by atoms with van der Waals surface area (Å²) in [6.07, 6.45) is 2.78. The summed E-state index contributed by atoms with van der Waals surface area (Å²) in [5.41, 5.74) is 2.36. The highest BCUT2D eigenvalue weighted by atomic mass is 16.2. The van der Waals surface area contributed by atoms with Gasteiger partial charge < -0.3 is 9.80 Å². The van der Waals surface area contributed by atoms with Gasteiger partial charge in [-0.1, -0.05) is 51.1 Å². The lowest BCUT2D eigenvalue weighted by atomic mass is 9.78. The van der Waals surface area contributed by atoms with Crippen LogP contribution in [-0.4, -0.2) is 44.6 Å². The first-order valence-corrected chi connectivity index (χ1v) is 12.3. The molecule has 2 saturated heterocycles. The topological polar surface area (TPSA) is 63.4 Å². The first-order chi connectivity index (χ1) is 16.2. The van der Waals surface area contributed by atoms with Gasteiger partial charge in [-0.3, -0.25) is 13.9 Å². The fourth-order valence-electron chi connectivity index (χ4n) is 5.62. The summed E-state index contributed by atoms with van der Waals surface area (Å²) in [7, 11) is 1.79. The van der Waals surface area contributed by atoms with Gasteiger partial charge in [-0.05, 0) is 42.4 Å². The maximum Gasteiger partial charge on any atom is 0.330 e. The van der Waals surface area contributed by atoms with Crippen molar-refractivity contribution in [2.24, 2.45) is 17.9 Å². The predicted octanol–water partition coefficient (Wildman–Crippen LogP) is 3.80. The van der Waals surface area contributed by atoms with Crippen molar-refractivity contribution in [1.29, 1.82) is 0 Å². The molecule has 5 rings (SSSR count). The van der Waals surface area contributed by atoms with Crippen LogP contribution in [0.2, 0.25) is 0 Å². The van der Waals surface area contributed by atoms with Gasteiger partial charge in [0.25, 0.3) is 0 Å². The highest BCUT2D eigenvalue weighted by Gasteiger charge is 2.49. The lowest BCUT2D eigenvalue weighted by Crippen LogP contribution is -2.48. The smallest absolute Gasteiger partial charge is 0.330 e. The Morgan fingerprint density at radius 1 is 1.00 bits per heavy atom. The molecular weight excluding hydrogens is 426 g/mol. The van der Waals surface area contributed by atoms with Crippen LogP contribution >= 0.6 is 0 Å². The molecule has 1 aromatic carbocycles. The molecule has 4 heterocycles. The molecule has 0 aliphatic carbocycles. The molecule has 0 bridgehead atoms. The lowest BCUT2D eigenvalue weighted by molar-refractivity contribution is -0.137. The number of rotatable bonds is 4. The molecule has 2 aromatic heterocycles. The van der Waals surface area contributed by atoms with Crippen LogP contribution in [0.25, 0.3) is 11.2 Å². The number of hydrogen-bond acceptors (Lipinski definition) is 4. The fraction of sp³-hybridized carbons (Fsp3) is 0.519. The van der Waals surface area contributed by atoms with Crippen LogP contribution in [0, 0.1) is 10.8 Å². The lowest BCUT2D eigenvalue weighted by Gasteiger charge is -2.39. The largest absolute Gasteiger partial charge is 0.355 e. The van der Waals surface area contributed by atoms with E-state index in [1.165, 1.54) is 5.56 Å². The summed E-state index contributed by atoms with van der Waals surface area (Å²) in [6.45, 7) is 10.1. The normalized spacial score (nSPS) is 21.2. The van der Waals surface area contributed by atoms with E-state index in [4.69, 9.17) is 4.98 Å². The van der Waals surface area contributed by atoms with Crippen LogP contribution < -0.4 is 10.6 Å². The molecule has 1 atom stereocenters. The number of carbonyl (C=O) groups is 1. The highest BCUT2D eigenvalue weighted by Crippen LogP contribution is 2.41. The first kappa shape index (κ1) is 22.7. The van der Waals surface area contributed by atoms with Crippen molar-refractivity contribution in [2.45, 2.75) is 53.1 Å². The Labute approximate surface area is 201 Å². The number of pyridine rings is 1. The molecule has 180 valence electrons. The SMILES string of the molecule is Cn1c(=O)n(CC(C)(C)C)c2ccc(N3CCCC4(CCN(Cc5ccccc5)C4=O)C3)nc21. The second kappa shape index (κ2) is 8.29. The molecule has 2 aliphatic heterocycles. The molecule has 3 aromatic rings. The van der Waals surface area contributed by atoms with Gasteiger partial charge in [0.1, 0.15) is 5.82 Å². The molecule has 0 saturated carbocycles. The standard InChI is InChI=1S/C27H35N5O2/c1-26(2,3)18-32-21-11-12-22(28-23(21)29(4)25(32)34)31-15-8-13-27(19-31)14-16-30(24(27)33)17-20-9-6-5-7-10-20/h5-7,9-12H,8,13-19H2,1-4H3. The van der Waals surface area contributed by atoms with Crippen LogP contribution in [0.4, 0.5) is 5.82 Å². The number of amides is 1. The minimum absolute atomic E-state index is 0.00943. The molecule has 1 spiro atoms. The van der Waals surface area contributed by atoms with Gasteiger partial charge in [0, 0.05) is 39.8 Å². The van der Waals surface area contributed by atoms with Crippen molar-refractivity contribution in [3.05, 3.63) is 58.5 Å². The van der Waals surface area contributed by atoms with Gasteiger partial charge in [-0.2, -0.15) is 0 Å². The Kier molecular flexibility index (Phi) is 5.53. The molecule has 1 unspecified atom stereocenters. The number of benzene rings is 1. The van der Waals surface area contributed by atoms with Crippen molar-refractivity contribution in [3.8, 4) is 0 Å². The fourth-order valence-corrected chi connectivity index (χ4v) is 5.62. The number of likely N-dealkylation sites (tertiary alicyclic amines) is 1. The Morgan fingerprint density at radius 2 is 1.76 bits per heavy atom. The van der Waals surface area contributed by atoms with E-state index < -0.39 is 0 Å². The van der Waals surface area contributed by atoms with Gasteiger partial charge in [0.2, 0.25) is 5.91 Å². The number of imidazole rings is 1. The summed E-state index contributed by atoms with van der Waals surface area (Å²) < 4.78 is 3.47. The Bertz CT molecular complexity index is 1270. The zero-order chi connectivity index (χ0) is 24.1. The third kappa shape index (κ3) is 4.01. The zero-order valence-electron chi connectivity index (χ0n) is 20.8. The number of fused-ring (bicyclic) bond motifs is 1. The maximum atomic E-state index is 13.5. The molecule has 34 heavy (non-hydrogen) atoms. The number of anilines is 1. The summed E-state index contributed by atoms with van der Waals surface area (Å²) in [6, 6.07) is 14.3. The van der Waals surface area contributed by atoms with Gasteiger partial charge in [0.05, 0.1) is 10.9 Å². The van der Waals surface area contributed by atoms with Crippen molar-refractivity contribution in [3.63, 3.8) is 0 Å². The number of aromatic nitrogens is 3. The van der Waals surface area contributed by atoms with E-state index in [9.17, 15) is 9.59 Å². The number of hydrogen-bond donors (Lipinski definition) is 0. The highest BCUT2D eigenvalue weighted by molar-refractivity contribution is 5.86. The van der Waals surface area contributed by atoms with Gasteiger partial charge in [-0.15, -0.1) is 0 Å². The van der Waals surface area contributed by atoms with E-state index in [0.717, 1.165) is 43.7 Å². The number of piperidine rings is 1. The van der Waals surface area contributed by atoms with Crippen molar-refractivity contribution in [2.75, 3.05) is 24.5 Å². The zero-order valence-corrected chi connectivity index (χ0v) is 20.8. The summed E-state index contributed by atoms with van der Waals surface area (Å²) in [5.74, 6) is 1.12. The Balaban J connectivity index is 1.40. The Hall–Kier alpha value is -3.09. The third-order valence-corrected chi connectivity index (χ3v) is 7.32. The van der Waals surface area contributed by atoms with Gasteiger partial charge >= 0.3 is 5.69 Å². The minimum Gasteiger partial charge on any atom is -0.355 e. The molecule has 0 N–H and O–H groups in total. The second-order valence-electron chi connectivity index (χ2n) is 11.3. The summed E-state index contributed by atoms with van der Waals surface area (Å²) in [4.78, 5) is 35.6. The average Bonchev–Trinajstić information content (AvgIpc) is 3.22. The monoisotopic (exact) mass is 461 g/mol. The van der Waals surface area contributed by atoms with Crippen LogP contribution in [-0.2, 0) is 24.9 Å². The molecule has 0 radical (unpaired) electrons. The molecular formula is C27H35N5O2. The predicted molar refractivity (Wildman–Crippen MR) is 135 cm³/mol. The van der Waals surface area contributed by atoms with Crippen molar-refractivity contribution >= 4 is 22.9 Å². The molecule has 2 fully saturated rings. The van der Waals surface area contributed by atoms with Crippen LogP contribution in [0.3, 0.4) is 0 Å². The molecule has 2 aliphatic rings. The summed E-state index contributed by atoms with van der Waals surface area (Å²) >= 11 is 0. The molecule has 1 amide bonds. The van der Waals surface area contributed by atoms with Crippen molar-refractivity contribution in [1.82, 2.24) is 19.0 Å². The van der Waals surface area contributed by atoms with E-state index in [1.807, 2.05) is 39.8 Å². The van der Waals surface area contributed by atoms with Gasteiger partial charge in [-0.25, -0.2) is 9.78 Å².